The van der Waals surface area contributed by atoms with Crippen LogP contribution in [0.2, 0.25) is 0 Å². The first kappa shape index (κ1) is 15.7. The van der Waals surface area contributed by atoms with Crippen LogP contribution < -0.4 is 0 Å². The van der Waals surface area contributed by atoms with Crippen LogP contribution in [0.5, 0.6) is 0 Å². The van der Waals surface area contributed by atoms with E-state index in [9.17, 15) is 4.79 Å². The average molecular weight is 316 g/mol. The quantitative estimate of drug-likeness (QED) is 0.849. The second kappa shape index (κ2) is 6.16. The highest BCUT2D eigenvalue weighted by molar-refractivity contribution is 5.92. The van der Waals surface area contributed by atoms with Crippen molar-refractivity contribution in [3.8, 4) is 0 Å². The highest BCUT2D eigenvalue weighted by Crippen LogP contribution is 2.23. The summed E-state index contributed by atoms with van der Waals surface area (Å²) in [6, 6.07) is 2.10. The predicted molar refractivity (Wildman–Crippen MR) is 87.2 cm³/mol. The minimum atomic E-state index is 0.0451. The Balaban J connectivity index is 1.87. The lowest BCUT2D eigenvalue weighted by molar-refractivity contribution is 0.0651. The SMILES string of the molecule is CCn1nc(C)cc1C(=O)N1Cc2cncn2C(CN(C)C)C1. The summed E-state index contributed by atoms with van der Waals surface area (Å²) in [5, 5.41) is 4.39. The van der Waals surface area contributed by atoms with Crippen LogP contribution in [-0.2, 0) is 13.1 Å². The van der Waals surface area contributed by atoms with E-state index in [1.165, 1.54) is 0 Å². The average Bonchev–Trinajstić information content (AvgIpc) is 3.11. The molecule has 0 bridgehead atoms. The molecule has 1 aliphatic heterocycles. The van der Waals surface area contributed by atoms with Crippen molar-refractivity contribution in [3.05, 3.63) is 35.7 Å². The number of aryl methyl sites for hydroxylation is 2. The van der Waals surface area contributed by atoms with Gasteiger partial charge in [0.2, 0.25) is 0 Å². The van der Waals surface area contributed by atoms with E-state index in [1.54, 1.807) is 4.68 Å². The minimum absolute atomic E-state index is 0.0451. The van der Waals surface area contributed by atoms with Gasteiger partial charge in [-0.2, -0.15) is 5.10 Å². The molecule has 1 atom stereocenters. The summed E-state index contributed by atoms with van der Waals surface area (Å²) in [6.45, 7) is 6.78. The van der Waals surface area contributed by atoms with Gasteiger partial charge in [-0.05, 0) is 34.0 Å². The van der Waals surface area contributed by atoms with E-state index in [0.717, 1.165) is 17.9 Å². The van der Waals surface area contributed by atoms with Crippen molar-refractivity contribution in [1.29, 1.82) is 0 Å². The fourth-order valence-electron chi connectivity index (χ4n) is 3.23. The third kappa shape index (κ3) is 3.01. The molecule has 0 saturated heterocycles. The van der Waals surface area contributed by atoms with Crippen LogP contribution in [0.3, 0.4) is 0 Å². The summed E-state index contributed by atoms with van der Waals surface area (Å²) in [6.07, 6.45) is 3.72. The van der Waals surface area contributed by atoms with E-state index in [0.29, 0.717) is 25.3 Å². The van der Waals surface area contributed by atoms with Crippen molar-refractivity contribution in [1.82, 2.24) is 29.1 Å². The predicted octanol–water partition coefficient (Wildman–Crippen LogP) is 1.17. The van der Waals surface area contributed by atoms with Crippen molar-refractivity contribution in [2.45, 2.75) is 33.0 Å². The van der Waals surface area contributed by atoms with Gasteiger partial charge in [0.05, 0.1) is 30.3 Å². The molecular weight excluding hydrogens is 292 g/mol. The number of nitrogens with zero attached hydrogens (tertiary/aromatic N) is 6. The molecule has 1 aliphatic rings. The van der Waals surface area contributed by atoms with Gasteiger partial charge in [-0.15, -0.1) is 0 Å². The lowest BCUT2D eigenvalue weighted by atomic mass is 10.1. The second-order valence-corrected chi connectivity index (χ2v) is 6.38. The largest absolute Gasteiger partial charge is 0.329 e. The Bertz CT molecular complexity index is 701. The number of likely N-dealkylation sites (N-methyl/N-ethyl adjacent to an activating group) is 1. The van der Waals surface area contributed by atoms with Gasteiger partial charge in [0, 0.05) is 25.8 Å². The zero-order chi connectivity index (χ0) is 16.6. The van der Waals surface area contributed by atoms with Crippen LogP contribution in [0.15, 0.2) is 18.6 Å². The first-order valence-corrected chi connectivity index (χ1v) is 7.98. The monoisotopic (exact) mass is 316 g/mol. The molecule has 0 aliphatic carbocycles. The van der Waals surface area contributed by atoms with Gasteiger partial charge in [0.1, 0.15) is 5.69 Å². The van der Waals surface area contributed by atoms with Gasteiger partial charge >= 0.3 is 0 Å². The molecule has 2 aromatic rings. The summed E-state index contributed by atoms with van der Waals surface area (Å²) in [5.74, 6) is 0.0451. The number of hydrogen-bond donors (Lipinski definition) is 0. The smallest absolute Gasteiger partial charge is 0.272 e. The Kier molecular flexibility index (Phi) is 4.21. The van der Waals surface area contributed by atoms with Crippen LogP contribution in [0.25, 0.3) is 0 Å². The molecule has 0 spiro atoms. The Hall–Kier alpha value is -2.15. The highest BCUT2D eigenvalue weighted by atomic mass is 16.2. The molecule has 1 unspecified atom stereocenters. The van der Waals surface area contributed by atoms with Crippen molar-refractivity contribution in [2.24, 2.45) is 0 Å². The lowest BCUT2D eigenvalue weighted by Crippen LogP contribution is -2.44. The fourth-order valence-corrected chi connectivity index (χ4v) is 3.23. The van der Waals surface area contributed by atoms with Crippen LogP contribution in [0, 0.1) is 6.92 Å². The maximum Gasteiger partial charge on any atom is 0.272 e. The fraction of sp³-hybridized carbons (Fsp3) is 0.562. The van der Waals surface area contributed by atoms with E-state index in [-0.39, 0.29) is 11.9 Å². The molecule has 124 valence electrons. The van der Waals surface area contributed by atoms with Gasteiger partial charge in [-0.1, -0.05) is 0 Å². The molecular formula is C16H24N6O. The lowest BCUT2D eigenvalue weighted by Gasteiger charge is -2.35. The molecule has 0 saturated carbocycles. The zero-order valence-corrected chi connectivity index (χ0v) is 14.2. The molecule has 0 aromatic carbocycles. The number of amides is 1. The number of rotatable bonds is 4. The number of carbonyl (C=O) groups excluding carboxylic acids is 1. The third-order valence-electron chi connectivity index (χ3n) is 4.21. The molecule has 3 rings (SSSR count). The van der Waals surface area contributed by atoms with E-state index in [1.807, 2.05) is 51.4 Å². The van der Waals surface area contributed by atoms with Crippen molar-refractivity contribution >= 4 is 5.91 Å². The Morgan fingerprint density at radius 1 is 1.43 bits per heavy atom. The molecule has 23 heavy (non-hydrogen) atoms. The summed E-state index contributed by atoms with van der Waals surface area (Å²) in [5.41, 5.74) is 2.62. The molecule has 0 radical (unpaired) electrons. The summed E-state index contributed by atoms with van der Waals surface area (Å²) in [7, 11) is 4.10. The maximum absolute atomic E-state index is 13.0. The minimum Gasteiger partial charge on any atom is -0.329 e. The Morgan fingerprint density at radius 3 is 2.91 bits per heavy atom. The highest BCUT2D eigenvalue weighted by Gasteiger charge is 2.30. The van der Waals surface area contributed by atoms with Crippen molar-refractivity contribution < 1.29 is 4.79 Å². The first-order valence-electron chi connectivity index (χ1n) is 7.98. The molecule has 0 N–H and O–H groups in total. The number of fused-ring (bicyclic) bond motifs is 1. The summed E-state index contributed by atoms with van der Waals surface area (Å²) in [4.78, 5) is 21.3. The van der Waals surface area contributed by atoms with E-state index < -0.39 is 0 Å². The van der Waals surface area contributed by atoms with Crippen molar-refractivity contribution in [2.75, 3.05) is 27.2 Å². The molecule has 0 fully saturated rings. The Labute approximate surface area is 136 Å². The molecule has 7 heteroatoms. The van der Waals surface area contributed by atoms with E-state index in [2.05, 4.69) is 19.5 Å². The third-order valence-corrected chi connectivity index (χ3v) is 4.21. The molecule has 1 amide bonds. The number of carbonyl (C=O) groups is 1. The molecule has 2 aromatic heterocycles. The second-order valence-electron chi connectivity index (χ2n) is 6.38. The standard InChI is InChI=1S/C16H24N6O/c1-5-22-15(6-12(2)18-22)16(23)20-9-13-7-17-11-21(13)14(10-20)8-19(3)4/h6-7,11,14H,5,8-10H2,1-4H3. The summed E-state index contributed by atoms with van der Waals surface area (Å²) < 4.78 is 3.97. The van der Waals surface area contributed by atoms with Gasteiger partial charge < -0.3 is 14.4 Å². The zero-order valence-electron chi connectivity index (χ0n) is 14.2. The van der Waals surface area contributed by atoms with E-state index in [4.69, 9.17) is 0 Å². The van der Waals surface area contributed by atoms with Crippen molar-refractivity contribution in [3.63, 3.8) is 0 Å². The number of imidazole rings is 1. The van der Waals surface area contributed by atoms with Crippen LogP contribution in [0.4, 0.5) is 0 Å². The van der Waals surface area contributed by atoms with Crippen LogP contribution in [-0.4, -0.2) is 62.2 Å². The first-order chi connectivity index (χ1) is 11.0. The van der Waals surface area contributed by atoms with Crippen LogP contribution in [0.1, 0.15) is 34.8 Å². The number of aromatic nitrogens is 4. The maximum atomic E-state index is 13.0. The van der Waals surface area contributed by atoms with Crippen LogP contribution >= 0.6 is 0 Å². The normalized spacial score (nSPS) is 17.6. The van der Waals surface area contributed by atoms with Gasteiger partial charge in [0.25, 0.3) is 5.91 Å². The van der Waals surface area contributed by atoms with E-state index >= 15 is 0 Å². The Morgan fingerprint density at radius 2 is 2.22 bits per heavy atom. The van der Waals surface area contributed by atoms with Gasteiger partial charge in [0.15, 0.2) is 0 Å². The topological polar surface area (TPSA) is 59.2 Å². The summed E-state index contributed by atoms with van der Waals surface area (Å²) >= 11 is 0. The van der Waals surface area contributed by atoms with Gasteiger partial charge in [-0.25, -0.2) is 4.98 Å². The van der Waals surface area contributed by atoms with Gasteiger partial charge in [-0.3, -0.25) is 9.48 Å². The molecule has 7 nitrogen and oxygen atoms in total. The molecule has 3 heterocycles. The number of hydrogen-bond acceptors (Lipinski definition) is 4.